The molecule has 1 saturated carbocycles. The van der Waals surface area contributed by atoms with Gasteiger partial charge in [-0.25, -0.2) is 9.59 Å². The molecule has 1 unspecified atom stereocenters. The molecule has 0 aliphatic heterocycles. The Bertz CT molecular complexity index is 703. The topological polar surface area (TPSA) is 88.1 Å². The van der Waals surface area contributed by atoms with Gasteiger partial charge in [-0.1, -0.05) is 57.6 Å². The highest BCUT2D eigenvalue weighted by atomic mass is 16.5. The SMILES string of the molecule is CCCCNC(=O)N(CCCC1CCCCC1)CCOc1ccc(CC(OCC)C(=O)O)cc1. The third-order valence-electron chi connectivity index (χ3n) is 6.48. The van der Waals surface area contributed by atoms with E-state index in [1.54, 1.807) is 6.92 Å². The highest BCUT2D eigenvalue weighted by molar-refractivity contribution is 5.74. The van der Waals surface area contributed by atoms with Gasteiger partial charge in [-0.2, -0.15) is 0 Å². The van der Waals surface area contributed by atoms with Crippen LogP contribution in [0.15, 0.2) is 24.3 Å². The molecule has 0 saturated heterocycles. The zero-order valence-corrected chi connectivity index (χ0v) is 21.1. The van der Waals surface area contributed by atoms with Crippen molar-refractivity contribution in [3.8, 4) is 5.75 Å². The normalized spacial score (nSPS) is 15.0. The van der Waals surface area contributed by atoms with Crippen molar-refractivity contribution in [1.29, 1.82) is 0 Å². The van der Waals surface area contributed by atoms with Crippen molar-refractivity contribution in [2.45, 2.75) is 84.2 Å². The molecule has 7 nitrogen and oxygen atoms in total. The maximum atomic E-state index is 12.7. The van der Waals surface area contributed by atoms with Gasteiger partial charge in [0.15, 0.2) is 6.10 Å². The summed E-state index contributed by atoms with van der Waals surface area (Å²) in [5, 5.41) is 12.3. The second kappa shape index (κ2) is 16.4. The molecule has 0 radical (unpaired) electrons. The third-order valence-corrected chi connectivity index (χ3v) is 6.48. The summed E-state index contributed by atoms with van der Waals surface area (Å²) in [5.41, 5.74) is 0.882. The van der Waals surface area contributed by atoms with Crippen molar-refractivity contribution in [3.63, 3.8) is 0 Å². The first-order valence-electron chi connectivity index (χ1n) is 13.1. The summed E-state index contributed by atoms with van der Waals surface area (Å²) in [6.45, 7) is 6.68. The molecular formula is C27H44N2O5. The van der Waals surface area contributed by atoms with Crippen LogP contribution in [0.25, 0.3) is 0 Å². The Balaban J connectivity index is 1.81. The fraction of sp³-hybridized carbons (Fsp3) is 0.704. The van der Waals surface area contributed by atoms with Crippen LogP contribution in [0.4, 0.5) is 4.79 Å². The molecule has 1 fully saturated rings. The first-order valence-corrected chi connectivity index (χ1v) is 13.1. The van der Waals surface area contributed by atoms with Gasteiger partial charge < -0.3 is 24.8 Å². The van der Waals surface area contributed by atoms with E-state index in [9.17, 15) is 14.7 Å². The lowest BCUT2D eigenvalue weighted by molar-refractivity contribution is -0.149. The van der Waals surface area contributed by atoms with Gasteiger partial charge in [0, 0.05) is 26.1 Å². The van der Waals surface area contributed by atoms with Gasteiger partial charge in [-0.15, -0.1) is 0 Å². The van der Waals surface area contributed by atoms with Crippen LogP contribution in [0.1, 0.15) is 77.2 Å². The number of ether oxygens (including phenoxy) is 2. The van der Waals surface area contributed by atoms with E-state index in [1.165, 1.54) is 38.5 Å². The molecule has 0 spiro atoms. The van der Waals surface area contributed by atoms with Gasteiger partial charge in [-0.05, 0) is 49.8 Å². The number of hydrogen-bond donors (Lipinski definition) is 2. The number of benzene rings is 1. The van der Waals surface area contributed by atoms with Crippen LogP contribution in [-0.4, -0.2) is 61.0 Å². The molecule has 34 heavy (non-hydrogen) atoms. The van der Waals surface area contributed by atoms with E-state index in [4.69, 9.17) is 9.47 Å². The molecular weight excluding hydrogens is 432 g/mol. The lowest BCUT2D eigenvalue weighted by atomic mass is 9.86. The number of carboxylic acid groups (broad SMARTS) is 1. The molecule has 0 aromatic heterocycles. The number of carbonyl (C=O) groups excluding carboxylic acids is 1. The lowest BCUT2D eigenvalue weighted by Crippen LogP contribution is -2.43. The van der Waals surface area contributed by atoms with E-state index in [2.05, 4.69) is 12.2 Å². The molecule has 2 amide bonds. The molecule has 1 atom stereocenters. The van der Waals surface area contributed by atoms with Gasteiger partial charge in [0.25, 0.3) is 0 Å². The Morgan fingerprint density at radius 3 is 2.47 bits per heavy atom. The van der Waals surface area contributed by atoms with Crippen LogP contribution in [-0.2, 0) is 16.0 Å². The maximum Gasteiger partial charge on any atom is 0.333 e. The fourth-order valence-corrected chi connectivity index (χ4v) is 4.47. The fourth-order valence-electron chi connectivity index (χ4n) is 4.47. The second-order valence-electron chi connectivity index (χ2n) is 9.20. The standard InChI is InChI=1S/C27H44N2O5/c1-3-5-17-28-27(32)29(18-9-12-22-10-7-6-8-11-22)19-20-34-24-15-13-23(14-16-24)21-25(26(30)31)33-4-2/h13-16,22,25H,3-12,17-21H2,1-2H3,(H,28,32)(H,30,31). The highest BCUT2D eigenvalue weighted by Crippen LogP contribution is 2.27. The van der Waals surface area contributed by atoms with E-state index >= 15 is 0 Å². The van der Waals surface area contributed by atoms with Crippen molar-refractivity contribution >= 4 is 12.0 Å². The summed E-state index contributed by atoms with van der Waals surface area (Å²) in [5.74, 6) is 0.570. The molecule has 1 aliphatic carbocycles. The largest absolute Gasteiger partial charge is 0.492 e. The van der Waals surface area contributed by atoms with Gasteiger partial charge >= 0.3 is 12.0 Å². The van der Waals surface area contributed by atoms with Crippen LogP contribution >= 0.6 is 0 Å². The summed E-state index contributed by atoms with van der Waals surface area (Å²) >= 11 is 0. The number of unbranched alkanes of at least 4 members (excludes halogenated alkanes) is 1. The molecule has 2 rings (SSSR count). The van der Waals surface area contributed by atoms with E-state index in [-0.39, 0.29) is 6.03 Å². The number of carboxylic acids is 1. The molecule has 0 bridgehead atoms. The lowest BCUT2D eigenvalue weighted by Gasteiger charge is -2.26. The van der Waals surface area contributed by atoms with E-state index in [1.807, 2.05) is 29.2 Å². The summed E-state index contributed by atoms with van der Waals surface area (Å²) in [4.78, 5) is 25.9. The first kappa shape index (κ1) is 28.0. The minimum absolute atomic E-state index is 0.00770. The molecule has 7 heteroatoms. The average molecular weight is 477 g/mol. The van der Waals surface area contributed by atoms with Crippen LogP contribution < -0.4 is 10.1 Å². The molecule has 1 aromatic rings. The number of aliphatic carboxylic acids is 1. The zero-order chi connectivity index (χ0) is 24.6. The van der Waals surface area contributed by atoms with Crippen LogP contribution in [0, 0.1) is 5.92 Å². The van der Waals surface area contributed by atoms with Gasteiger partial charge in [0.1, 0.15) is 12.4 Å². The minimum Gasteiger partial charge on any atom is -0.492 e. The van der Waals surface area contributed by atoms with Crippen LogP contribution in [0.2, 0.25) is 0 Å². The smallest absolute Gasteiger partial charge is 0.333 e. The zero-order valence-electron chi connectivity index (χ0n) is 21.1. The van der Waals surface area contributed by atoms with Crippen LogP contribution in [0.5, 0.6) is 5.75 Å². The summed E-state index contributed by atoms with van der Waals surface area (Å²) < 4.78 is 11.2. The number of hydrogen-bond acceptors (Lipinski definition) is 4. The van der Waals surface area contributed by atoms with E-state index in [0.717, 1.165) is 37.3 Å². The number of carbonyl (C=O) groups is 2. The number of nitrogens with one attached hydrogen (secondary N) is 1. The second-order valence-corrected chi connectivity index (χ2v) is 9.20. The van der Waals surface area contributed by atoms with E-state index in [0.29, 0.717) is 38.5 Å². The minimum atomic E-state index is -0.956. The maximum absolute atomic E-state index is 12.7. The number of rotatable bonds is 16. The van der Waals surface area contributed by atoms with Crippen molar-refractivity contribution in [2.24, 2.45) is 5.92 Å². The number of urea groups is 1. The Kier molecular flexibility index (Phi) is 13.5. The Hall–Kier alpha value is -2.28. The highest BCUT2D eigenvalue weighted by Gasteiger charge is 2.18. The Morgan fingerprint density at radius 2 is 1.82 bits per heavy atom. The quantitative estimate of drug-likeness (QED) is 0.317. The first-order chi connectivity index (χ1) is 16.5. The predicted octanol–water partition coefficient (Wildman–Crippen LogP) is 5.27. The van der Waals surface area contributed by atoms with Gasteiger partial charge in [-0.3, -0.25) is 0 Å². The predicted molar refractivity (Wildman–Crippen MR) is 134 cm³/mol. The van der Waals surface area contributed by atoms with Gasteiger partial charge in [0.2, 0.25) is 0 Å². The summed E-state index contributed by atoms with van der Waals surface area (Å²) in [7, 11) is 0. The average Bonchev–Trinajstić information content (AvgIpc) is 2.84. The van der Waals surface area contributed by atoms with Crippen molar-refractivity contribution in [1.82, 2.24) is 10.2 Å². The number of nitrogens with zero attached hydrogens (tertiary/aromatic N) is 1. The third kappa shape index (κ3) is 10.8. The van der Waals surface area contributed by atoms with Crippen molar-refractivity contribution < 1.29 is 24.2 Å². The van der Waals surface area contributed by atoms with E-state index < -0.39 is 12.1 Å². The Morgan fingerprint density at radius 1 is 1.09 bits per heavy atom. The number of amides is 2. The van der Waals surface area contributed by atoms with Crippen molar-refractivity contribution in [2.75, 3.05) is 32.8 Å². The van der Waals surface area contributed by atoms with Crippen LogP contribution in [0.3, 0.4) is 0 Å². The molecule has 1 aromatic carbocycles. The monoisotopic (exact) mass is 476 g/mol. The van der Waals surface area contributed by atoms with Crippen molar-refractivity contribution in [3.05, 3.63) is 29.8 Å². The molecule has 1 aliphatic rings. The molecule has 0 heterocycles. The summed E-state index contributed by atoms with van der Waals surface area (Å²) in [6, 6.07) is 7.41. The summed E-state index contributed by atoms with van der Waals surface area (Å²) in [6.07, 6.45) is 10.5. The molecule has 192 valence electrons. The Labute approximate surface area is 205 Å². The van der Waals surface area contributed by atoms with Gasteiger partial charge in [0.05, 0.1) is 6.54 Å². The molecule has 2 N–H and O–H groups in total.